The van der Waals surface area contributed by atoms with Gasteiger partial charge in [-0.3, -0.25) is 0 Å². The minimum Gasteiger partial charge on any atom is -0.327 e. The highest BCUT2D eigenvalue weighted by Crippen LogP contribution is 2.21. The average Bonchev–Trinajstić information content (AvgIpc) is 2.14. The molecule has 0 aromatic heterocycles. The second-order valence-corrected chi connectivity index (χ2v) is 5.61. The first kappa shape index (κ1) is 12.5. The van der Waals surface area contributed by atoms with Crippen LogP contribution in [0.25, 0.3) is 0 Å². The number of hydrogen-bond acceptors (Lipinski definition) is 3. The van der Waals surface area contributed by atoms with Crippen molar-refractivity contribution in [2.75, 3.05) is 19.6 Å². The third-order valence-corrected chi connectivity index (χ3v) is 3.12. The van der Waals surface area contributed by atoms with Crippen LogP contribution in [0, 0.1) is 22.7 Å². The van der Waals surface area contributed by atoms with E-state index in [-0.39, 0.29) is 5.41 Å². The van der Waals surface area contributed by atoms with Crippen LogP contribution in [0.3, 0.4) is 0 Å². The highest BCUT2D eigenvalue weighted by molar-refractivity contribution is 4.92. The first-order valence-electron chi connectivity index (χ1n) is 5.82. The van der Waals surface area contributed by atoms with Gasteiger partial charge in [0.1, 0.15) is 0 Å². The zero-order valence-electron chi connectivity index (χ0n) is 10.2. The van der Waals surface area contributed by atoms with Crippen LogP contribution in [0.15, 0.2) is 0 Å². The summed E-state index contributed by atoms with van der Waals surface area (Å²) < 4.78 is 0. The smallest absolute Gasteiger partial charge is 0.0684 e. The Morgan fingerprint density at radius 2 is 2.13 bits per heavy atom. The maximum atomic E-state index is 8.93. The molecule has 0 aromatic carbocycles. The molecule has 0 radical (unpaired) electrons. The Balaban J connectivity index is 2.36. The Morgan fingerprint density at radius 1 is 1.47 bits per heavy atom. The summed E-state index contributed by atoms with van der Waals surface area (Å²) >= 11 is 0. The lowest BCUT2D eigenvalue weighted by molar-refractivity contribution is 0.152. The highest BCUT2D eigenvalue weighted by atomic mass is 15.1. The predicted octanol–water partition coefficient (Wildman–Crippen LogP) is 1.60. The molecule has 0 bridgehead atoms. The van der Waals surface area contributed by atoms with E-state index in [0.29, 0.717) is 12.0 Å². The molecule has 1 rings (SSSR count). The van der Waals surface area contributed by atoms with Gasteiger partial charge in [0.05, 0.1) is 11.5 Å². The molecule has 2 unspecified atom stereocenters. The number of nitrogens with zero attached hydrogens (tertiary/aromatic N) is 2. The molecule has 1 aliphatic heterocycles. The number of nitriles is 1. The van der Waals surface area contributed by atoms with Gasteiger partial charge in [0, 0.05) is 19.1 Å². The molecule has 86 valence electrons. The van der Waals surface area contributed by atoms with Crippen molar-refractivity contribution >= 4 is 0 Å². The third-order valence-electron chi connectivity index (χ3n) is 3.12. The van der Waals surface area contributed by atoms with Gasteiger partial charge < -0.3 is 10.6 Å². The minimum absolute atomic E-state index is 0.204. The number of likely N-dealkylation sites (tertiary alicyclic amines) is 1. The summed E-state index contributed by atoms with van der Waals surface area (Å²) in [5.41, 5.74) is 5.78. The molecule has 0 aliphatic carbocycles. The standard InChI is InChI=1S/C12H23N3/c1-10-6-11(14)8-15(7-10)5-4-12(2,3)9-13/h10-11H,4-8,14H2,1-3H3. The zero-order valence-corrected chi connectivity index (χ0v) is 10.2. The highest BCUT2D eigenvalue weighted by Gasteiger charge is 2.24. The predicted molar refractivity (Wildman–Crippen MR) is 62.2 cm³/mol. The van der Waals surface area contributed by atoms with Gasteiger partial charge in [0.2, 0.25) is 0 Å². The van der Waals surface area contributed by atoms with Crippen LogP contribution in [-0.4, -0.2) is 30.6 Å². The summed E-state index contributed by atoms with van der Waals surface area (Å²) in [5.74, 6) is 0.693. The molecule has 1 heterocycles. The maximum absolute atomic E-state index is 8.93. The van der Waals surface area contributed by atoms with E-state index in [9.17, 15) is 0 Å². The van der Waals surface area contributed by atoms with Gasteiger partial charge >= 0.3 is 0 Å². The molecule has 2 atom stereocenters. The Bertz CT molecular complexity index is 232. The van der Waals surface area contributed by atoms with Gasteiger partial charge in [-0.15, -0.1) is 0 Å². The summed E-state index contributed by atoms with van der Waals surface area (Å²) in [6.07, 6.45) is 2.07. The summed E-state index contributed by atoms with van der Waals surface area (Å²) in [5, 5.41) is 8.93. The molecular formula is C12H23N3. The topological polar surface area (TPSA) is 53.0 Å². The monoisotopic (exact) mass is 209 g/mol. The normalized spacial score (nSPS) is 28.7. The zero-order chi connectivity index (χ0) is 11.5. The average molecular weight is 209 g/mol. The summed E-state index contributed by atoms with van der Waals surface area (Å²) in [4.78, 5) is 2.40. The van der Waals surface area contributed by atoms with Crippen molar-refractivity contribution in [3.05, 3.63) is 0 Å². The van der Waals surface area contributed by atoms with Gasteiger partial charge in [0.15, 0.2) is 0 Å². The lowest BCUT2D eigenvalue weighted by Crippen LogP contribution is -2.47. The van der Waals surface area contributed by atoms with Crippen molar-refractivity contribution in [3.8, 4) is 6.07 Å². The molecule has 0 spiro atoms. The maximum Gasteiger partial charge on any atom is 0.0684 e. The Hall–Kier alpha value is -0.590. The minimum atomic E-state index is -0.204. The molecule has 0 aromatic rings. The molecule has 2 N–H and O–H groups in total. The van der Waals surface area contributed by atoms with Crippen molar-refractivity contribution in [3.63, 3.8) is 0 Å². The van der Waals surface area contributed by atoms with Crippen LogP contribution < -0.4 is 5.73 Å². The fraction of sp³-hybridized carbons (Fsp3) is 0.917. The van der Waals surface area contributed by atoms with Crippen molar-refractivity contribution in [2.45, 2.75) is 39.7 Å². The largest absolute Gasteiger partial charge is 0.327 e. The van der Waals surface area contributed by atoms with E-state index in [4.69, 9.17) is 11.0 Å². The quantitative estimate of drug-likeness (QED) is 0.768. The van der Waals surface area contributed by atoms with Crippen LogP contribution >= 0.6 is 0 Å². The van der Waals surface area contributed by atoms with Crippen LogP contribution in [0.4, 0.5) is 0 Å². The molecule has 1 aliphatic rings. The molecule has 3 nitrogen and oxygen atoms in total. The molecule has 0 saturated carbocycles. The van der Waals surface area contributed by atoms with Crippen LogP contribution in [0.1, 0.15) is 33.6 Å². The first-order chi connectivity index (χ1) is 6.93. The Kier molecular flexibility index (Phi) is 4.12. The molecular weight excluding hydrogens is 186 g/mol. The van der Waals surface area contributed by atoms with Crippen molar-refractivity contribution < 1.29 is 0 Å². The van der Waals surface area contributed by atoms with E-state index < -0.39 is 0 Å². The van der Waals surface area contributed by atoms with E-state index in [2.05, 4.69) is 17.9 Å². The van der Waals surface area contributed by atoms with Gasteiger partial charge in [0.25, 0.3) is 0 Å². The van der Waals surface area contributed by atoms with E-state index in [1.54, 1.807) is 0 Å². The van der Waals surface area contributed by atoms with Crippen molar-refractivity contribution in [1.29, 1.82) is 5.26 Å². The summed E-state index contributed by atoms with van der Waals surface area (Å²) in [6, 6.07) is 2.66. The molecule has 15 heavy (non-hydrogen) atoms. The number of hydrogen-bond donors (Lipinski definition) is 1. The van der Waals surface area contributed by atoms with Crippen molar-refractivity contribution in [2.24, 2.45) is 17.1 Å². The summed E-state index contributed by atoms with van der Waals surface area (Å²) in [6.45, 7) is 9.38. The number of piperidine rings is 1. The molecule has 1 fully saturated rings. The third kappa shape index (κ3) is 4.19. The molecule has 1 saturated heterocycles. The second kappa shape index (κ2) is 4.96. The lowest BCUT2D eigenvalue weighted by Gasteiger charge is -2.35. The van der Waals surface area contributed by atoms with Gasteiger partial charge in [-0.25, -0.2) is 0 Å². The van der Waals surface area contributed by atoms with Crippen LogP contribution in [0.5, 0.6) is 0 Å². The Labute approximate surface area is 93.2 Å². The lowest BCUT2D eigenvalue weighted by atomic mass is 9.90. The van der Waals surface area contributed by atoms with E-state index >= 15 is 0 Å². The van der Waals surface area contributed by atoms with Gasteiger partial charge in [-0.2, -0.15) is 5.26 Å². The second-order valence-electron chi connectivity index (χ2n) is 5.61. The van der Waals surface area contributed by atoms with E-state index in [0.717, 1.165) is 32.5 Å². The fourth-order valence-electron chi connectivity index (χ4n) is 2.19. The van der Waals surface area contributed by atoms with Crippen LogP contribution in [-0.2, 0) is 0 Å². The molecule has 3 heteroatoms. The van der Waals surface area contributed by atoms with Crippen molar-refractivity contribution in [1.82, 2.24) is 4.90 Å². The SMILES string of the molecule is CC1CC(N)CN(CCC(C)(C)C#N)C1. The van der Waals surface area contributed by atoms with Gasteiger partial charge in [-0.1, -0.05) is 6.92 Å². The summed E-state index contributed by atoms with van der Waals surface area (Å²) in [7, 11) is 0. The number of nitrogens with two attached hydrogens (primary N) is 1. The molecule has 0 amide bonds. The van der Waals surface area contributed by atoms with Gasteiger partial charge in [-0.05, 0) is 39.2 Å². The van der Waals surface area contributed by atoms with E-state index in [1.165, 1.54) is 0 Å². The van der Waals surface area contributed by atoms with Crippen LogP contribution in [0.2, 0.25) is 0 Å². The fourth-order valence-corrected chi connectivity index (χ4v) is 2.19. The first-order valence-corrected chi connectivity index (χ1v) is 5.82. The van der Waals surface area contributed by atoms with E-state index in [1.807, 2.05) is 13.8 Å². The number of rotatable bonds is 3. The Morgan fingerprint density at radius 3 is 2.67 bits per heavy atom.